The minimum absolute atomic E-state index is 0.00553. The molecule has 0 saturated carbocycles. The van der Waals surface area contributed by atoms with Gasteiger partial charge >= 0.3 is 0 Å². The molecule has 122 valence electrons. The molecule has 2 aromatic carbocycles. The van der Waals surface area contributed by atoms with Crippen molar-refractivity contribution in [3.8, 4) is 5.75 Å². The number of ether oxygens (including phenoxy) is 1. The summed E-state index contributed by atoms with van der Waals surface area (Å²) in [6, 6.07) is 12.0. The van der Waals surface area contributed by atoms with Crippen molar-refractivity contribution < 1.29 is 17.9 Å². The van der Waals surface area contributed by atoms with Crippen molar-refractivity contribution in [3.63, 3.8) is 0 Å². The Bertz CT molecular complexity index is 806. The van der Waals surface area contributed by atoms with Crippen LogP contribution in [0.2, 0.25) is 5.02 Å². The van der Waals surface area contributed by atoms with Crippen molar-refractivity contribution in [3.05, 3.63) is 53.6 Å². The number of benzene rings is 2. The molecule has 2 N–H and O–H groups in total. The zero-order valence-electron chi connectivity index (χ0n) is 12.3. The number of hydrogen-bond donors (Lipinski definition) is 1. The molecule has 0 radical (unpaired) electrons. The van der Waals surface area contributed by atoms with Crippen LogP contribution in [0, 0.1) is 0 Å². The van der Waals surface area contributed by atoms with E-state index in [-0.39, 0.29) is 10.6 Å². The van der Waals surface area contributed by atoms with E-state index in [1.54, 1.807) is 18.2 Å². The molecule has 0 bridgehead atoms. The minimum atomic E-state index is -3.97. The predicted octanol–water partition coefficient (Wildman–Crippen LogP) is 2.03. The Morgan fingerprint density at radius 1 is 1.22 bits per heavy atom. The lowest BCUT2D eigenvalue weighted by molar-refractivity contribution is -0.116. The molecule has 8 heteroatoms. The summed E-state index contributed by atoms with van der Waals surface area (Å²) in [5, 5.41) is 0.409. The predicted molar refractivity (Wildman–Crippen MR) is 88.2 cm³/mol. The topological polar surface area (TPSA) is 89.7 Å². The molecule has 0 unspecified atom stereocenters. The van der Waals surface area contributed by atoms with Gasteiger partial charge in [-0.1, -0.05) is 17.7 Å². The maximum Gasteiger partial charge on any atom is 0.264 e. The number of amides is 1. The van der Waals surface area contributed by atoms with Crippen LogP contribution in [0.1, 0.15) is 0 Å². The zero-order valence-corrected chi connectivity index (χ0v) is 13.8. The van der Waals surface area contributed by atoms with Crippen LogP contribution in [0.5, 0.6) is 5.75 Å². The summed E-state index contributed by atoms with van der Waals surface area (Å²) in [4.78, 5) is 11.3. The normalized spacial score (nSPS) is 11.0. The SMILES string of the molecule is COc1cccc(N(CC(N)=O)S(=O)(=O)c2ccc(Cl)cc2)c1. The molecule has 0 atom stereocenters. The summed E-state index contributed by atoms with van der Waals surface area (Å²) >= 11 is 5.78. The maximum atomic E-state index is 12.8. The molecule has 0 saturated heterocycles. The Morgan fingerprint density at radius 2 is 1.87 bits per heavy atom. The number of nitrogens with two attached hydrogens (primary N) is 1. The van der Waals surface area contributed by atoms with E-state index >= 15 is 0 Å². The van der Waals surface area contributed by atoms with E-state index in [9.17, 15) is 13.2 Å². The summed E-state index contributed by atoms with van der Waals surface area (Å²) in [6.45, 7) is -0.488. The standard InChI is InChI=1S/C15H15ClN2O4S/c1-22-13-4-2-3-12(9-13)18(10-15(17)19)23(20,21)14-7-5-11(16)6-8-14/h2-9H,10H2,1H3,(H2,17,19). The summed E-state index contributed by atoms with van der Waals surface area (Å²) in [6.07, 6.45) is 0. The van der Waals surface area contributed by atoms with E-state index in [1.807, 2.05) is 0 Å². The van der Waals surface area contributed by atoms with Gasteiger partial charge in [-0.3, -0.25) is 9.10 Å². The molecule has 0 aromatic heterocycles. The van der Waals surface area contributed by atoms with Crippen molar-refractivity contribution in [2.24, 2.45) is 5.73 Å². The van der Waals surface area contributed by atoms with Crippen LogP contribution < -0.4 is 14.8 Å². The highest BCUT2D eigenvalue weighted by Crippen LogP contribution is 2.27. The van der Waals surface area contributed by atoms with Gasteiger partial charge in [-0.15, -0.1) is 0 Å². The fourth-order valence-electron chi connectivity index (χ4n) is 1.96. The molecule has 0 spiro atoms. The van der Waals surface area contributed by atoms with Crippen molar-refractivity contribution in [1.29, 1.82) is 0 Å². The van der Waals surface area contributed by atoms with Gasteiger partial charge in [-0.05, 0) is 36.4 Å². The van der Waals surface area contributed by atoms with E-state index in [1.165, 1.54) is 37.4 Å². The fraction of sp³-hybridized carbons (Fsp3) is 0.133. The van der Waals surface area contributed by atoms with Crippen LogP contribution >= 0.6 is 11.6 Å². The average molecular weight is 355 g/mol. The van der Waals surface area contributed by atoms with E-state index in [0.29, 0.717) is 10.8 Å². The first-order chi connectivity index (χ1) is 10.8. The Hall–Kier alpha value is -2.25. The van der Waals surface area contributed by atoms with Crippen LogP contribution in [0.4, 0.5) is 5.69 Å². The summed E-state index contributed by atoms with van der Waals surface area (Å²) in [5.74, 6) is -0.311. The second-order valence-corrected chi connectivity index (χ2v) is 6.93. The highest BCUT2D eigenvalue weighted by molar-refractivity contribution is 7.92. The van der Waals surface area contributed by atoms with Gasteiger partial charge < -0.3 is 10.5 Å². The average Bonchev–Trinajstić information content (AvgIpc) is 2.52. The van der Waals surface area contributed by atoms with Gasteiger partial charge in [0, 0.05) is 11.1 Å². The summed E-state index contributed by atoms with van der Waals surface area (Å²) in [7, 11) is -2.51. The first-order valence-electron chi connectivity index (χ1n) is 6.55. The lowest BCUT2D eigenvalue weighted by atomic mass is 10.3. The van der Waals surface area contributed by atoms with Gasteiger partial charge in [0.1, 0.15) is 12.3 Å². The third-order valence-electron chi connectivity index (χ3n) is 3.04. The smallest absolute Gasteiger partial charge is 0.264 e. The number of methoxy groups -OCH3 is 1. The number of hydrogen-bond acceptors (Lipinski definition) is 4. The van der Waals surface area contributed by atoms with Gasteiger partial charge in [0.15, 0.2) is 0 Å². The quantitative estimate of drug-likeness (QED) is 0.859. The lowest BCUT2D eigenvalue weighted by Gasteiger charge is -2.23. The number of carbonyl (C=O) groups is 1. The molecule has 2 rings (SSSR count). The second kappa shape index (κ2) is 6.89. The van der Waals surface area contributed by atoms with Crippen molar-refractivity contribution in [2.45, 2.75) is 4.90 Å². The maximum absolute atomic E-state index is 12.8. The van der Waals surface area contributed by atoms with Crippen LogP contribution in [-0.2, 0) is 14.8 Å². The molecule has 0 aliphatic heterocycles. The van der Waals surface area contributed by atoms with Gasteiger partial charge in [-0.2, -0.15) is 0 Å². The largest absolute Gasteiger partial charge is 0.497 e. The molecule has 2 aromatic rings. The Morgan fingerprint density at radius 3 is 2.43 bits per heavy atom. The number of primary amides is 1. The molecule has 0 fully saturated rings. The fourth-order valence-corrected chi connectivity index (χ4v) is 3.50. The van der Waals surface area contributed by atoms with E-state index in [0.717, 1.165) is 4.31 Å². The zero-order chi connectivity index (χ0) is 17.0. The number of rotatable bonds is 6. The summed E-state index contributed by atoms with van der Waals surface area (Å²) in [5.41, 5.74) is 5.48. The van der Waals surface area contributed by atoms with Crippen LogP contribution in [-0.4, -0.2) is 28.0 Å². The number of carbonyl (C=O) groups excluding carboxylic acids is 1. The molecule has 0 aliphatic rings. The monoisotopic (exact) mass is 354 g/mol. The highest BCUT2D eigenvalue weighted by atomic mass is 35.5. The molecule has 1 amide bonds. The second-order valence-electron chi connectivity index (χ2n) is 4.63. The van der Waals surface area contributed by atoms with E-state index in [4.69, 9.17) is 22.1 Å². The first kappa shape index (κ1) is 17.1. The van der Waals surface area contributed by atoms with E-state index < -0.39 is 22.5 Å². The van der Waals surface area contributed by atoms with Crippen LogP contribution in [0.3, 0.4) is 0 Å². The number of halogens is 1. The van der Waals surface area contributed by atoms with Crippen LogP contribution in [0.25, 0.3) is 0 Å². The number of sulfonamides is 1. The highest BCUT2D eigenvalue weighted by Gasteiger charge is 2.26. The summed E-state index contributed by atoms with van der Waals surface area (Å²) < 4.78 is 31.6. The molecule has 23 heavy (non-hydrogen) atoms. The molecular weight excluding hydrogens is 340 g/mol. The molecule has 0 heterocycles. The number of nitrogens with zero attached hydrogens (tertiary/aromatic N) is 1. The van der Waals surface area contributed by atoms with Gasteiger partial charge in [0.05, 0.1) is 17.7 Å². The van der Waals surface area contributed by atoms with Crippen molar-refractivity contribution in [2.75, 3.05) is 18.0 Å². The van der Waals surface area contributed by atoms with Gasteiger partial charge in [0.2, 0.25) is 5.91 Å². The molecule has 0 aliphatic carbocycles. The third-order valence-corrected chi connectivity index (χ3v) is 5.08. The van der Waals surface area contributed by atoms with Gasteiger partial charge in [0.25, 0.3) is 10.0 Å². The lowest BCUT2D eigenvalue weighted by Crippen LogP contribution is -2.38. The van der Waals surface area contributed by atoms with Gasteiger partial charge in [-0.25, -0.2) is 8.42 Å². The first-order valence-corrected chi connectivity index (χ1v) is 8.37. The third kappa shape index (κ3) is 3.94. The molecular formula is C15H15ClN2O4S. The van der Waals surface area contributed by atoms with Crippen LogP contribution in [0.15, 0.2) is 53.4 Å². The number of anilines is 1. The van der Waals surface area contributed by atoms with Crippen molar-refractivity contribution in [1.82, 2.24) is 0 Å². The Kier molecular flexibility index (Phi) is 5.12. The minimum Gasteiger partial charge on any atom is -0.497 e. The van der Waals surface area contributed by atoms with E-state index in [2.05, 4.69) is 0 Å². The Labute approximate surface area is 139 Å². The Balaban J connectivity index is 2.52. The molecule has 6 nitrogen and oxygen atoms in total. The van der Waals surface area contributed by atoms with Crippen molar-refractivity contribution >= 4 is 33.2 Å².